The van der Waals surface area contributed by atoms with Gasteiger partial charge >= 0.3 is 0 Å². The van der Waals surface area contributed by atoms with E-state index >= 15 is 0 Å². The number of carbonyl (C=O) groups excluding carboxylic acids is 1. The standard InChI is InChI=1S/C13H17N5OS/c1-17-8-4-7-11(17)12(19)9-20-13-14-15-16-18(13)10-5-2-3-6-10/h4,7-8,10H,2-3,5-6,9H2,1H3. The number of thioether (sulfide) groups is 1. The van der Waals surface area contributed by atoms with Crippen molar-refractivity contribution in [3.63, 3.8) is 0 Å². The topological polar surface area (TPSA) is 65.6 Å². The van der Waals surface area contributed by atoms with E-state index in [9.17, 15) is 4.79 Å². The molecule has 1 aliphatic rings. The lowest BCUT2D eigenvalue weighted by atomic mass is 10.3. The van der Waals surface area contributed by atoms with Gasteiger partial charge in [0, 0.05) is 13.2 Å². The van der Waals surface area contributed by atoms with E-state index in [-0.39, 0.29) is 5.78 Å². The molecule has 106 valence electrons. The van der Waals surface area contributed by atoms with Crippen LogP contribution in [-0.4, -0.2) is 36.3 Å². The largest absolute Gasteiger partial charge is 0.348 e. The first-order chi connectivity index (χ1) is 9.75. The summed E-state index contributed by atoms with van der Waals surface area (Å²) in [5, 5.41) is 12.6. The average molecular weight is 291 g/mol. The summed E-state index contributed by atoms with van der Waals surface area (Å²) in [6, 6.07) is 4.11. The lowest BCUT2D eigenvalue weighted by Gasteiger charge is -2.10. The molecule has 1 aliphatic carbocycles. The highest BCUT2D eigenvalue weighted by Gasteiger charge is 2.22. The Kier molecular flexibility index (Phi) is 3.86. The van der Waals surface area contributed by atoms with Crippen molar-refractivity contribution < 1.29 is 4.79 Å². The van der Waals surface area contributed by atoms with Crippen LogP contribution in [0.4, 0.5) is 0 Å². The zero-order valence-electron chi connectivity index (χ0n) is 11.4. The molecule has 0 amide bonds. The average Bonchev–Trinajstić information content (AvgIpc) is 3.16. The van der Waals surface area contributed by atoms with Crippen molar-refractivity contribution in [1.29, 1.82) is 0 Å². The second-order valence-corrected chi connectivity index (χ2v) is 6.00. The Hall–Kier alpha value is -1.63. The lowest BCUT2D eigenvalue weighted by Crippen LogP contribution is -2.11. The Morgan fingerprint density at radius 3 is 2.95 bits per heavy atom. The number of hydrogen-bond acceptors (Lipinski definition) is 5. The molecule has 20 heavy (non-hydrogen) atoms. The molecule has 3 rings (SSSR count). The predicted octanol–water partition coefficient (Wildman–Crippen LogP) is 2.10. The van der Waals surface area contributed by atoms with E-state index in [1.54, 1.807) is 0 Å². The van der Waals surface area contributed by atoms with E-state index in [0.29, 0.717) is 11.8 Å². The minimum absolute atomic E-state index is 0.100. The van der Waals surface area contributed by atoms with Crippen LogP contribution < -0.4 is 0 Å². The van der Waals surface area contributed by atoms with E-state index in [1.165, 1.54) is 24.6 Å². The number of aromatic nitrogens is 5. The third-order valence-corrected chi connectivity index (χ3v) is 4.63. The predicted molar refractivity (Wildman–Crippen MR) is 75.8 cm³/mol. The molecular weight excluding hydrogens is 274 g/mol. The molecule has 7 heteroatoms. The van der Waals surface area contributed by atoms with Gasteiger partial charge in [-0.15, -0.1) is 5.10 Å². The van der Waals surface area contributed by atoms with Gasteiger partial charge in [-0.05, 0) is 35.4 Å². The SMILES string of the molecule is Cn1cccc1C(=O)CSc1nnnn1C1CCCC1. The third-order valence-electron chi connectivity index (χ3n) is 3.69. The van der Waals surface area contributed by atoms with Gasteiger partial charge in [-0.2, -0.15) is 0 Å². The zero-order valence-corrected chi connectivity index (χ0v) is 12.2. The summed E-state index contributed by atoms with van der Waals surface area (Å²) in [7, 11) is 1.88. The van der Waals surface area contributed by atoms with Gasteiger partial charge in [0.1, 0.15) is 0 Å². The first-order valence-electron chi connectivity index (χ1n) is 6.81. The van der Waals surface area contributed by atoms with E-state index in [1.807, 2.05) is 34.6 Å². The third kappa shape index (κ3) is 2.63. The van der Waals surface area contributed by atoms with Crippen LogP contribution >= 0.6 is 11.8 Å². The molecule has 1 fully saturated rings. The summed E-state index contributed by atoms with van der Waals surface area (Å²) in [4.78, 5) is 12.1. The van der Waals surface area contributed by atoms with Crippen molar-refractivity contribution in [3.05, 3.63) is 24.0 Å². The molecule has 0 radical (unpaired) electrons. The van der Waals surface area contributed by atoms with Crippen LogP contribution in [0, 0.1) is 0 Å². The fourth-order valence-corrected chi connectivity index (χ4v) is 3.43. The van der Waals surface area contributed by atoms with Gasteiger partial charge in [-0.25, -0.2) is 4.68 Å². The summed E-state index contributed by atoms with van der Waals surface area (Å²) in [6.07, 6.45) is 6.60. The highest BCUT2D eigenvalue weighted by atomic mass is 32.2. The molecule has 1 saturated carbocycles. The number of carbonyl (C=O) groups is 1. The van der Waals surface area contributed by atoms with Crippen molar-refractivity contribution in [2.75, 3.05) is 5.75 Å². The van der Waals surface area contributed by atoms with Gasteiger partial charge in [0.15, 0.2) is 5.78 Å². The van der Waals surface area contributed by atoms with Gasteiger partial charge in [0.05, 0.1) is 17.5 Å². The fourth-order valence-electron chi connectivity index (χ4n) is 2.61. The van der Waals surface area contributed by atoms with Crippen LogP contribution in [0.2, 0.25) is 0 Å². The molecule has 6 nitrogen and oxygen atoms in total. The highest BCUT2D eigenvalue weighted by molar-refractivity contribution is 7.99. The summed E-state index contributed by atoms with van der Waals surface area (Å²) in [5.74, 6) is 0.466. The Labute approximate surface area is 121 Å². The molecule has 2 aromatic heterocycles. The minimum Gasteiger partial charge on any atom is -0.348 e. The van der Waals surface area contributed by atoms with Crippen LogP contribution in [0.15, 0.2) is 23.5 Å². The molecule has 0 N–H and O–H groups in total. The van der Waals surface area contributed by atoms with Crippen molar-refractivity contribution in [2.24, 2.45) is 7.05 Å². The second-order valence-electron chi connectivity index (χ2n) is 5.06. The Balaban J connectivity index is 1.65. The molecule has 0 aromatic carbocycles. The molecule has 2 heterocycles. The van der Waals surface area contributed by atoms with Crippen molar-refractivity contribution >= 4 is 17.5 Å². The summed E-state index contributed by atoms with van der Waals surface area (Å²) < 4.78 is 3.72. The molecule has 0 spiro atoms. The molecule has 0 aliphatic heterocycles. The first kappa shape index (κ1) is 13.4. The molecule has 0 bridgehead atoms. The van der Waals surface area contributed by atoms with E-state index in [2.05, 4.69) is 15.5 Å². The number of nitrogens with zero attached hydrogens (tertiary/aromatic N) is 5. The van der Waals surface area contributed by atoms with Crippen molar-refractivity contribution in [2.45, 2.75) is 36.9 Å². The maximum Gasteiger partial charge on any atom is 0.210 e. The van der Waals surface area contributed by atoms with E-state index in [0.717, 1.165) is 23.7 Å². The number of Topliss-reactive ketones (excluding diaryl/α,β-unsaturated/α-hetero) is 1. The fraction of sp³-hybridized carbons (Fsp3) is 0.538. The molecule has 2 aromatic rings. The summed E-state index contributed by atoms with van der Waals surface area (Å²) in [5.41, 5.74) is 0.720. The Bertz CT molecular complexity index is 599. The molecule has 0 unspecified atom stereocenters. The molecular formula is C13H17N5OS. The molecule has 0 atom stereocenters. The summed E-state index contributed by atoms with van der Waals surface area (Å²) in [6.45, 7) is 0. The number of hydrogen-bond donors (Lipinski definition) is 0. The molecule has 0 saturated heterocycles. The van der Waals surface area contributed by atoms with Gasteiger partial charge < -0.3 is 4.57 Å². The lowest BCUT2D eigenvalue weighted by molar-refractivity contribution is 0.101. The van der Waals surface area contributed by atoms with E-state index in [4.69, 9.17) is 0 Å². The maximum atomic E-state index is 12.1. The van der Waals surface area contributed by atoms with Crippen molar-refractivity contribution in [1.82, 2.24) is 24.8 Å². The van der Waals surface area contributed by atoms with E-state index < -0.39 is 0 Å². The van der Waals surface area contributed by atoms with Gasteiger partial charge in [-0.1, -0.05) is 24.6 Å². The number of rotatable bonds is 5. The number of ketones is 1. The number of tetrazole rings is 1. The van der Waals surface area contributed by atoms with Crippen LogP contribution in [0.25, 0.3) is 0 Å². The zero-order chi connectivity index (χ0) is 13.9. The maximum absolute atomic E-state index is 12.1. The van der Waals surface area contributed by atoms with Crippen LogP contribution in [0.1, 0.15) is 42.2 Å². The highest BCUT2D eigenvalue weighted by Crippen LogP contribution is 2.31. The monoisotopic (exact) mass is 291 g/mol. The Morgan fingerprint density at radius 1 is 1.45 bits per heavy atom. The normalized spacial score (nSPS) is 15.8. The van der Waals surface area contributed by atoms with Crippen LogP contribution in [0.3, 0.4) is 0 Å². The van der Waals surface area contributed by atoms with Crippen molar-refractivity contribution in [3.8, 4) is 0 Å². The van der Waals surface area contributed by atoms with Gasteiger partial charge in [0.2, 0.25) is 5.16 Å². The minimum atomic E-state index is 0.100. The summed E-state index contributed by atoms with van der Waals surface area (Å²) >= 11 is 1.42. The number of aryl methyl sites for hydroxylation is 1. The smallest absolute Gasteiger partial charge is 0.210 e. The first-order valence-corrected chi connectivity index (χ1v) is 7.79. The van der Waals surface area contributed by atoms with Crippen LogP contribution in [0.5, 0.6) is 0 Å². The quantitative estimate of drug-likeness (QED) is 0.623. The van der Waals surface area contributed by atoms with Crippen LogP contribution in [-0.2, 0) is 7.05 Å². The second kappa shape index (κ2) is 5.78. The van der Waals surface area contributed by atoms with Gasteiger partial charge in [0.25, 0.3) is 0 Å². The van der Waals surface area contributed by atoms with Gasteiger partial charge in [-0.3, -0.25) is 4.79 Å². The Morgan fingerprint density at radius 2 is 2.25 bits per heavy atom.